The van der Waals surface area contributed by atoms with Crippen molar-refractivity contribution in [1.82, 2.24) is 14.7 Å². The van der Waals surface area contributed by atoms with Gasteiger partial charge in [-0.1, -0.05) is 18.5 Å². The first-order valence-corrected chi connectivity index (χ1v) is 7.00. The number of aliphatic hydroxyl groups excluding tert-OH is 1. The number of rotatable bonds is 7. The maximum Gasteiger partial charge on any atom is 0.287 e. The monoisotopic (exact) mass is 302 g/mol. The highest BCUT2D eigenvalue weighted by Crippen LogP contribution is 2.22. The average molecular weight is 303 g/mol. The van der Waals surface area contributed by atoms with Crippen molar-refractivity contribution in [2.75, 3.05) is 32.6 Å². The van der Waals surface area contributed by atoms with Crippen LogP contribution in [0.4, 0.5) is 5.69 Å². The summed E-state index contributed by atoms with van der Waals surface area (Å²) in [6.07, 6.45) is 2.23. The van der Waals surface area contributed by atoms with Gasteiger partial charge in [0.25, 0.3) is 5.56 Å². The van der Waals surface area contributed by atoms with Crippen LogP contribution in [0.5, 0.6) is 0 Å². The number of anilines is 1. The Labute approximate surface area is 124 Å². The summed E-state index contributed by atoms with van der Waals surface area (Å²) < 4.78 is 1.34. The van der Waals surface area contributed by atoms with E-state index in [1.54, 1.807) is 0 Å². The molecule has 1 atom stereocenters. The number of hydrogen-bond acceptors (Lipinski definition) is 5. The second-order valence-corrected chi connectivity index (χ2v) is 5.78. The molecule has 0 aliphatic carbocycles. The van der Waals surface area contributed by atoms with E-state index >= 15 is 0 Å². The molecule has 0 radical (unpaired) electrons. The summed E-state index contributed by atoms with van der Waals surface area (Å²) >= 11 is 6.10. The molecule has 0 aromatic carbocycles. The quantitative estimate of drug-likeness (QED) is 0.787. The molecular weight excluding hydrogens is 280 g/mol. The number of aromatic nitrogens is 2. The van der Waals surface area contributed by atoms with Gasteiger partial charge >= 0.3 is 0 Å². The zero-order valence-corrected chi connectivity index (χ0v) is 13.2. The van der Waals surface area contributed by atoms with Crippen molar-refractivity contribution in [1.29, 1.82) is 0 Å². The summed E-state index contributed by atoms with van der Waals surface area (Å²) in [5.74, 6) is 0. The minimum Gasteiger partial charge on any atom is -0.394 e. The van der Waals surface area contributed by atoms with Crippen LogP contribution in [0.2, 0.25) is 5.02 Å². The van der Waals surface area contributed by atoms with Gasteiger partial charge < -0.3 is 15.3 Å². The van der Waals surface area contributed by atoms with E-state index in [1.807, 2.05) is 32.8 Å². The van der Waals surface area contributed by atoms with Gasteiger partial charge in [-0.3, -0.25) is 4.79 Å². The number of nitrogens with one attached hydrogen (secondary N) is 1. The second kappa shape index (κ2) is 7.06. The molecule has 0 aliphatic rings. The van der Waals surface area contributed by atoms with E-state index in [4.69, 9.17) is 11.6 Å². The Bertz CT molecular complexity index is 498. The molecule has 2 N–H and O–H groups in total. The smallest absolute Gasteiger partial charge is 0.287 e. The van der Waals surface area contributed by atoms with Crippen molar-refractivity contribution < 1.29 is 5.11 Å². The summed E-state index contributed by atoms with van der Waals surface area (Å²) in [6, 6.07) is 0. The van der Waals surface area contributed by atoms with Crippen molar-refractivity contribution in [3.63, 3.8) is 0 Å². The second-order valence-electron chi connectivity index (χ2n) is 5.40. The molecule has 0 bridgehead atoms. The standard InChI is InChI=1S/C13H23ClN4O2/c1-5-13(2,9-19)16-10-8-15-18(7-6-17(3)4)12(20)11(10)14/h8,16,19H,5-7,9H2,1-4H3. The third-order valence-electron chi connectivity index (χ3n) is 3.31. The van der Waals surface area contributed by atoms with Crippen molar-refractivity contribution in [2.45, 2.75) is 32.4 Å². The molecule has 1 aromatic rings. The van der Waals surface area contributed by atoms with E-state index in [2.05, 4.69) is 10.4 Å². The fourth-order valence-corrected chi connectivity index (χ4v) is 1.76. The summed E-state index contributed by atoms with van der Waals surface area (Å²) in [6.45, 7) is 4.95. The topological polar surface area (TPSA) is 70.4 Å². The predicted octanol–water partition coefficient (Wildman–Crippen LogP) is 1.03. The lowest BCUT2D eigenvalue weighted by molar-refractivity contribution is 0.219. The molecule has 1 rings (SSSR count). The molecule has 1 heterocycles. The molecule has 0 aliphatic heterocycles. The lowest BCUT2D eigenvalue weighted by atomic mass is 10.00. The van der Waals surface area contributed by atoms with Gasteiger partial charge in [0.05, 0.1) is 30.6 Å². The van der Waals surface area contributed by atoms with Crippen LogP contribution < -0.4 is 10.9 Å². The lowest BCUT2D eigenvalue weighted by Crippen LogP contribution is -2.39. The Hall–Kier alpha value is -1.11. The molecule has 20 heavy (non-hydrogen) atoms. The van der Waals surface area contributed by atoms with Crippen LogP contribution in [0.15, 0.2) is 11.0 Å². The number of hydrogen-bond donors (Lipinski definition) is 2. The van der Waals surface area contributed by atoms with Gasteiger partial charge in [-0.2, -0.15) is 5.10 Å². The Morgan fingerprint density at radius 1 is 1.55 bits per heavy atom. The van der Waals surface area contributed by atoms with E-state index in [9.17, 15) is 9.90 Å². The minimum atomic E-state index is -0.520. The number of likely N-dealkylation sites (N-methyl/N-ethyl adjacent to an activating group) is 1. The fraction of sp³-hybridized carbons (Fsp3) is 0.692. The van der Waals surface area contributed by atoms with E-state index in [1.165, 1.54) is 10.9 Å². The molecule has 0 fully saturated rings. The number of nitrogens with zero attached hydrogens (tertiary/aromatic N) is 3. The van der Waals surface area contributed by atoms with Crippen LogP contribution in [-0.4, -0.2) is 52.6 Å². The van der Waals surface area contributed by atoms with E-state index in [0.29, 0.717) is 25.2 Å². The van der Waals surface area contributed by atoms with E-state index in [0.717, 1.165) is 0 Å². The summed E-state index contributed by atoms with van der Waals surface area (Å²) in [5, 5.41) is 16.7. The Morgan fingerprint density at radius 2 is 2.20 bits per heavy atom. The molecule has 0 amide bonds. The Balaban J connectivity index is 2.97. The van der Waals surface area contributed by atoms with Crippen LogP contribution in [0.1, 0.15) is 20.3 Å². The maximum atomic E-state index is 12.1. The van der Waals surface area contributed by atoms with Crippen LogP contribution in [0.25, 0.3) is 0 Å². The van der Waals surface area contributed by atoms with Crippen LogP contribution in [0, 0.1) is 0 Å². The van der Waals surface area contributed by atoms with Crippen LogP contribution >= 0.6 is 11.6 Å². The SMILES string of the molecule is CCC(C)(CO)Nc1cnn(CCN(C)C)c(=O)c1Cl. The molecular formula is C13H23ClN4O2. The molecule has 7 heteroatoms. The number of halogens is 1. The summed E-state index contributed by atoms with van der Waals surface area (Å²) in [4.78, 5) is 14.1. The molecule has 114 valence electrons. The normalized spacial score (nSPS) is 14.3. The number of aliphatic hydroxyl groups is 1. The zero-order chi connectivity index (χ0) is 15.3. The highest BCUT2D eigenvalue weighted by atomic mass is 35.5. The molecule has 1 aromatic heterocycles. The third kappa shape index (κ3) is 4.19. The largest absolute Gasteiger partial charge is 0.394 e. The van der Waals surface area contributed by atoms with Gasteiger partial charge in [0, 0.05) is 6.54 Å². The van der Waals surface area contributed by atoms with E-state index < -0.39 is 5.54 Å². The maximum absolute atomic E-state index is 12.1. The first-order valence-electron chi connectivity index (χ1n) is 6.62. The van der Waals surface area contributed by atoms with Crippen molar-refractivity contribution >= 4 is 17.3 Å². The molecule has 6 nitrogen and oxygen atoms in total. The van der Waals surface area contributed by atoms with Crippen LogP contribution in [0.3, 0.4) is 0 Å². The average Bonchev–Trinajstić information content (AvgIpc) is 2.42. The first-order chi connectivity index (χ1) is 9.33. The summed E-state index contributed by atoms with van der Waals surface area (Å²) in [5.41, 5.74) is -0.390. The van der Waals surface area contributed by atoms with Crippen LogP contribution in [-0.2, 0) is 6.54 Å². The fourth-order valence-electron chi connectivity index (χ4n) is 1.57. The minimum absolute atomic E-state index is 0.0520. The van der Waals surface area contributed by atoms with Gasteiger partial charge in [0.2, 0.25) is 0 Å². The lowest BCUT2D eigenvalue weighted by Gasteiger charge is -2.28. The molecule has 1 unspecified atom stereocenters. The highest BCUT2D eigenvalue weighted by Gasteiger charge is 2.22. The third-order valence-corrected chi connectivity index (χ3v) is 3.67. The molecule has 0 saturated carbocycles. The zero-order valence-electron chi connectivity index (χ0n) is 12.5. The van der Waals surface area contributed by atoms with Gasteiger partial charge in [-0.25, -0.2) is 4.68 Å². The van der Waals surface area contributed by atoms with Gasteiger partial charge in [-0.05, 0) is 27.4 Å². The summed E-state index contributed by atoms with van der Waals surface area (Å²) in [7, 11) is 3.85. The van der Waals surface area contributed by atoms with Gasteiger partial charge in [0.15, 0.2) is 0 Å². The van der Waals surface area contributed by atoms with Crippen molar-refractivity contribution in [3.8, 4) is 0 Å². The first kappa shape index (κ1) is 16.9. The Kier molecular flexibility index (Phi) is 5.98. The van der Waals surface area contributed by atoms with Gasteiger partial charge in [0.1, 0.15) is 5.02 Å². The van der Waals surface area contributed by atoms with Crippen molar-refractivity contribution in [2.24, 2.45) is 0 Å². The molecule has 0 spiro atoms. The van der Waals surface area contributed by atoms with E-state index in [-0.39, 0.29) is 17.2 Å². The predicted molar refractivity (Wildman–Crippen MR) is 81.5 cm³/mol. The molecule has 0 saturated heterocycles. The van der Waals surface area contributed by atoms with Crippen molar-refractivity contribution in [3.05, 3.63) is 21.6 Å². The van der Waals surface area contributed by atoms with Gasteiger partial charge in [-0.15, -0.1) is 0 Å². The highest BCUT2D eigenvalue weighted by molar-refractivity contribution is 6.32. The Morgan fingerprint density at radius 3 is 2.70 bits per heavy atom.